The molecule has 0 saturated heterocycles. The number of halogens is 2. The van der Waals surface area contributed by atoms with Crippen molar-refractivity contribution in [2.45, 2.75) is 20.1 Å². The first-order valence-corrected chi connectivity index (χ1v) is 7.74. The highest BCUT2D eigenvalue weighted by molar-refractivity contribution is 5.89. The number of nitrogens with zero attached hydrogens (tertiary/aromatic N) is 2. The zero-order valence-electron chi connectivity index (χ0n) is 13.5. The van der Waals surface area contributed by atoms with Crippen molar-refractivity contribution >= 4 is 17.0 Å². The molecule has 3 aromatic rings. The Kier molecular flexibility index (Phi) is 4.92. The molecule has 0 aliphatic rings. The summed E-state index contributed by atoms with van der Waals surface area (Å²) in [6.45, 7) is -0.734. The Morgan fingerprint density at radius 1 is 1.16 bits per heavy atom. The molecule has 0 aliphatic carbocycles. The van der Waals surface area contributed by atoms with Gasteiger partial charge in [-0.25, -0.2) is 9.78 Å². The Morgan fingerprint density at radius 3 is 2.56 bits per heavy atom. The van der Waals surface area contributed by atoms with Crippen molar-refractivity contribution < 1.29 is 23.0 Å². The molecular formula is C18H16F2N2O3. The highest BCUT2D eigenvalue weighted by Crippen LogP contribution is 2.23. The average Bonchev–Trinajstić information content (AvgIpc) is 2.99. The molecule has 7 heteroatoms. The fourth-order valence-electron chi connectivity index (χ4n) is 2.48. The maximum absolute atomic E-state index is 13.3. The number of hydrogen-bond donors (Lipinski definition) is 0. The molecule has 2 aromatic carbocycles. The molecule has 0 amide bonds. The highest BCUT2D eigenvalue weighted by atomic mass is 19.3. The van der Waals surface area contributed by atoms with Gasteiger partial charge >= 0.3 is 12.5 Å². The van der Waals surface area contributed by atoms with Crippen LogP contribution in [0.5, 0.6) is 5.75 Å². The Morgan fingerprint density at radius 2 is 1.88 bits per heavy atom. The molecular weight excluding hydrogens is 330 g/mol. The van der Waals surface area contributed by atoms with E-state index in [1.165, 1.54) is 0 Å². The highest BCUT2D eigenvalue weighted by Gasteiger charge is 2.19. The fraction of sp³-hybridized carbons (Fsp3) is 0.222. The van der Waals surface area contributed by atoms with Gasteiger partial charge < -0.3 is 9.47 Å². The van der Waals surface area contributed by atoms with E-state index in [0.29, 0.717) is 29.0 Å². The number of ether oxygens (including phenoxy) is 2. The molecule has 0 aliphatic heterocycles. The lowest BCUT2D eigenvalue weighted by atomic mass is 10.2. The minimum absolute atomic E-state index is 0.00418. The molecule has 0 radical (unpaired) electrons. The summed E-state index contributed by atoms with van der Waals surface area (Å²) in [7, 11) is 0. The number of alkyl halides is 2. The van der Waals surface area contributed by atoms with E-state index in [1.54, 1.807) is 48.5 Å². The summed E-state index contributed by atoms with van der Waals surface area (Å²) in [6, 6.07) is 13.0. The summed E-state index contributed by atoms with van der Waals surface area (Å²) in [5, 5.41) is 0. The zero-order valence-corrected chi connectivity index (χ0v) is 13.5. The zero-order chi connectivity index (χ0) is 17.8. The van der Waals surface area contributed by atoms with Crippen molar-refractivity contribution in [3.05, 3.63) is 59.9 Å². The summed E-state index contributed by atoms with van der Waals surface area (Å²) in [5.74, 6) is 0.0185. The topological polar surface area (TPSA) is 53.4 Å². The number of carbonyl (C=O) groups is 1. The van der Waals surface area contributed by atoms with Crippen LogP contribution in [0.15, 0.2) is 48.5 Å². The fourth-order valence-corrected chi connectivity index (χ4v) is 2.48. The largest absolute Gasteiger partial charge is 0.494 e. The minimum Gasteiger partial charge on any atom is -0.494 e. The van der Waals surface area contributed by atoms with Gasteiger partial charge in [0, 0.05) is 0 Å². The summed E-state index contributed by atoms with van der Waals surface area (Å²) in [4.78, 5) is 16.2. The second kappa shape index (κ2) is 7.29. The molecule has 0 saturated carbocycles. The van der Waals surface area contributed by atoms with Crippen LogP contribution in [0, 0.1) is 0 Å². The van der Waals surface area contributed by atoms with Crippen molar-refractivity contribution in [2.75, 3.05) is 6.61 Å². The van der Waals surface area contributed by atoms with Crippen LogP contribution in [0.4, 0.5) is 8.78 Å². The van der Waals surface area contributed by atoms with Crippen molar-refractivity contribution in [2.24, 2.45) is 0 Å². The average molecular weight is 346 g/mol. The maximum atomic E-state index is 13.3. The second-order valence-electron chi connectivity index (χ2n) is 5.20. The van der Waals surface area contributed by atoms with Gasteiger partial charge in [0.1, 0.15) is 12.4 Å². The number of rotatable bonds is 6. The van der Waals surface area contributed by atoms with Crippen LogP contribution in [-0.4, -0.2) is 22.1 Å². The third-order valence-corrected chi connectivity index (χ3v) is 3.60. The molecule has 0 atom stereocenters. The van der Waals surface area contributed by atoms with Gasteiger partial charge in [0.15, 0.2) is 5.82 Å². The van der Waals surface area contributed by atoms with Gasteiger partial charge in [0.2, 0.25) is 0 Å². The molecule has 1 heterocycles. The first-order valence-electron chi connectivity index (χ1n) is 7.74. The van der Waals surface area contributed by atoms with Crippen LogP contribution in [-0.2, 0) is 11.3 Å². The van der Waals surface area contributed by atoms with Gasteiger partial charge in [-0.1, -0.05) is 12.1 Å². The van der Waals surface area contributed by atoms with Crippen molar-refractivity contribution in [3.63, 3.8) is 0 Å². The third kappa shape index (κ3) is 3.60. The Labute approximate surface area is 142 Å². The molecule has 0 bridgehead atoms. The first kappa shape index (κ1) is 16.9. The van der Waals surface area contributed by atoms with Crippen LogP contribution in [0.2, 0.25) is 0 Å². The van der Waals surface area contributed by atoms with Gasteiger partial charge in [-0.05, 0) is 43.3 Å². The smallest absolute Gasteiger partial charge is 0.338 e. The third-order valence-electron chi connectivity index (χ3n) is 3.60. The molecule has 130 valence electrons. The standard InChI is InChI=1S/C18H16F2N2O3/c1-2-24-13-9-7-12(8-10-13)17(23)25-11-16-21-14-5-3-4-6-15(14)22(16)18(19)20/h3-10,18H,2,11H2,1H3. The Hall–Kier alpha value is -2.96. The predicted molar refractivity (Wildman–Crippen MR) is 87.7 cm³/mol. The van der Waals surface area contributed by atoms with E-state index in [9.17, 15) is 13.6 Å². The van der Waals surface area contributed by atoms with Crippen molar-refractivity contribution in [1.29, 1.82) is 0 Å². The summed E-state index contributed by atoms with van der Waals surface area (Å²) in [5.41, 5.74) is 1.03. The lowest BCUT2D eigenvalue weighted by molar-refractivity contribution is 0.0387. The number of benzene rings is 2. The van der Waals surface area contributed by atoms with E-state index < -0.39 is 12.5 Å². The summed E-state index contributed by atoms with van der Waals surface area (Å²) in [6.07, 6.45) is 0. The van der Waals surface area contributed by atoms with Gasteiger partial charge in [0.25, 0.3) is 0 Å². The molecule has 0 N–H and O–H groups in total. The normalized spacial score (nSPS) is 11.0. The number of imidazole rings is 1. The molecule has 25 heavy (non-hydrogen) atoms. The molecule has 0 unspecified atom stereocenters. The van der Waals surface area contributed by atoms with E-state index >= 15 is 0 Å². The van der Waals surface area contributed by atoms with E-state index in [2.05, 4.69) is 4.98 Å². The Bertz CT molecular complexity index is 876. The second-order valence-corrected chi connectivity index (χ2v) is 5.20. The number of aromatic nitrogens is 2. The lowest BCUT2D eigenvalue weighted by Gasteiger charge is -2.09. The first-order chi connectivity index (χ1) is 12.1. The number of para-hydroxylation sites is 2. The van der Waals surface area contributed by atoms with Crippen LogP contribution in [0.25, 0.3) is 11.0 Å². The molecule has 0 fully saturated rings. The lowest BCUT2D eigenvalue weighted by Crippen LogP contribution is -2.10. The van der Waals surface area contributed by atoms with Crippen molar-refractivity contribution in [1.82, 2.24) is 9.55 Å². The van der Waals surface area contributed by atoms with Gasteiger partial charge in [0.05, 0.1) is 23.2 Å². The van der Waals surface area contributed by atoms with Crippen LogP contribution >= 0.6 is 0 Å². The van der Waals surface area contributed by atoms with E-state index in [4.69, 9.17) is 9.47 Å². The van der Waals surface area contributed by atoms with Crippen LogP contribution < -0.4 is 4.74 Å². The summed E-state index contributed by atoms with van der Waals surface area (Å²) >= 11 is 0. The predicted octanol–water partition coefficient (Wildman–Crippen LogP) is 4.19. The number of carbonyl (C=O) groups excluding carboxylic acids is 1. The molecule has 5 nitrogen and oxygen atoms in total. The van der Waals surface area contributed by atoms with E-state index in [-0.39, 0.29) is 12.4 Å². The van der Waals surface area contributed by atoms with E-state index in [1.807, 2.05) is 6.92 Å². The SMILES string of the molecule is CCOc1ccc(C(=O)OCc2nc3ccccc3n2C(F)F)cc1. The van der Waals surface area contributed by atoms with E-state index in [0.717, 1.165) is 4.57 Å². The maximum Gasteiger partial charge on any atom is 0.338 e. The molecule has 1 aromatic heterocycles. The summed E-state index contributed by atoms with van der Waals surface area (Å²) < 4.78 is 37.8. The quantitative estimate of drug-likeness (QED) is 0.628. The minimum atomic E-state index is -2.77. The monoisotopic (exact) mass is 346 g/mol. The van der Waals surface area contributed by atoms with Crippen LogP contribution in [0.3, 0.4) is 0 Å². The number of hydrogen-bond acceptors (Lipinski definition) is 4. The van der Waals surface area contributed by atoms with Gasteiger partial charge in [-0.15, -0.1) is 0 Å². The number of fused-ring (bicyclic) bond motifs is 1. The van der Waals surface area contributed by atoms with Crippen molar-refractivity contribution in [3.8, 4) is 5.75 Å². The number of esters is 1. The van der Waals surface area contributed by atoms with Crippen LogP contribution in [0.1, 0.15) is 29.7 Å². The van der Waals surface area contributed by atoms with Gasteiger partial charge in [-0.2, -0.15) is 8.78 Å². The molecule has 0 spiro atoms. The Balaban J connectivity index is 1.75. The molecule has 3 rings (SSSR count). The van der Waals surface area contributed by atoms with Gasteiger partial charge in [-0.3, -0.25) is 4.57 Å².